The van der Waals surface area contributed by atoms with Gasteiger partial charge in [-0.1, -0.05) is 24.3 Å². The molecule has 3 heterocycles. The van der Waals surface area contributed by atoms with Crippen LogP contribution in [0.3, 0.4) is 0 Å². The molecule has 166 valence electrons. The first kappa shape index (κ1) is 20.8. The van der Waals surface area contributed by atoms with E-state index in [1.807, 2.05) is 12.1 Å². The van der Waals surface area contributed by atoms with Crippen molar-refractivity contribution in [2.75, 3.05) is 31.3 Å². The van der Waals surface area contributed by atoms with Crippen LogP contribution in [0.5, 0.6) is 0 Å². The molecule has 0 N–H and O–H groups in total. The maximum Gasteiger partial charge on any atom is 0.261 e. The number of carbonyl (C=O) groups is 4. The summed E-state index contributed by atoms with van der Waals surface area (Å²) in [5, 5.41) is 1.46. The largest absolute Gasteiger partial charge is 0.341 e. The van der Waals surface area contributed by atoms with Gasteiger partial charge < -0.3 is 9.80 Å². The van der Waals surface area contributed by atoms with Gasteiger partial charge in [0.1, 0.15) is 6.04 Å². The number of nitrogens with zero attached hydrogens (tertiary/aromatic N) is 3. The first-order chi connectivity index (χ1) is 15.5. The first-order valence-corrected chi connectivity index (χ1v) is 12.3. The minimum atomic E-state index is -1.29. The van der Waals surface area contributed by atoms with E-state index < -0.39 is 28.7 Å². The Morgan fingerprint density at radius 3 is 2.22 bits per heavy atom. The van der Waals surface area contributed by atoms with Crippen molar-refractivity contribution in [1.82, 2.24) is 14.7 Å². The Balaban J connectivity index is 1.32. The van der Waals surface area contributed by atoms with Gasteiger partial charge in [0.05, 0.1) is 11.6 Å². The Bertz CT molecular complexity index is 1120. The van der Waals surface area contributed by atoms with Crippen LogP contribution in [0.15, 0.2) is 36.4 Å². The third-order valence-corrected chi connectivity index (χ3v) is 7.68. The average molecular weight is 454 g/mol. The molecule has 0 saturated carbocycles. The molecular weight excluding hydrogens is 430 g/mol. The van der Waals surface area contributed by atoms with Gasteiger partial charge in [0.25, 0.3) is 11.8 Å². The predicted molar refractivity (Wildman–Crippen MR) is 118 cm³/mol. The summed E-state index contributed by atoms with van der Waals surface area (Å²) in [5.74, 6) is -1.24. The van der Waals surface area contributed by atoms with Crippen LogP contribution in [0.1, 0.15) is 40.0 Å². The van der Waals surface area contributed by atoms with Crippen molar-refractivity contribution in [2.45, 2.75) is 25.3 Å². The minimum Gasteiger partial charge on any atom is -0.341 e. The SMILES string of the molecule is O=C([C@@H]1CS(=O)CN1C(=O)CCN1C(=O)c2cccc3cccc(c23)C1=O)N1CCCC1. The second kappa shape index (κ2) is 8.12. The molecule has 3 aliphatic heterocycles. The Morgan fingerprint density at radius 1 is 0.969 bits per heavy atom. The average Bonchev–Trinajstić information content (AvgIpc) is 3.47. The number of rotatable bonds is 4. The highest BCUT2D eigenvalue weighted by atomic mass is 32.2. The number of imide groups is 1. The number of amides is 4. The van der Waals surface area contributed by atoms with Gasteiger partial charge in [0.2, 0.25) is 11.8 Å². The lowest BCUT2D eigenvalue weighted by Gasteiger charge is -2.29. The summed E-state index contributed by atoms with van der Waals surface area (Å²) in [6, 6.07) is 9.89. The van der Waals surface area contributed by atoms with Gasteiger partial charge in [-0.3, -0.25) is 28.3 Å². The molecule has 0 spiro atoms. The van der Waals surface area contributed by atoms with Gasteiger partial charge in [-0.15, -0.1) is 0 Å². The molecule has 2 aromatic rings. The second-order valence-corrected chi connectivity index (χ2v) is 9.84. The van der Waals surface area contributed by atoms with E-state index in [1.54, 1.807) is 29.2 Å². The second-order valence-electron chi connectivity index (χ2n) is 8.37. The Kier molecular flexibility index (Phi) is 5.28. The van der Waals surface area contributed by atoms with Crippen LogP contribution >= 0.6 is 0 Å². The molecule has 1 unspecified atom stereocenters. The molecule has 5 rings (SSSR count). The van der Waals surface area contributed by atoms with Gasteiger partial charge in [0, 0.05) is 53.4 Å². The standard InChI is InChI=1S/C23H23N3O5S/c27-19(26-14-32(31)13-18(26)23(30)24-10-1-2-11-24)9-12-25-21(28)16-7-3-5-15-6-4-8-17(20(15)16)22(25)29/h3-8,18H,1-2,9-14H2/t18-,32?/m0/s1. The van der Waals surface area contributed by atoms with Crippen molar-refractivity contribution in [3.63, 3.8) is 0 Å². The Morgan fingerprint density at radius 2 is 1.59 bits per heavy atom. The van der Waals surface area contributed by atoms with Crippen molar-refractivity contribution in [2.24, 2.45) is 0 Å². The quantitative estimate of drug-likeness (QED) is 0.652. The summed E-state index contributed by atoms with van der Waals surface area (Å²) in [4.78, 5) is 56.0. The van der Waals surface area contributed by atoms with Crippen molar-refractivity contribution in [3.05, 3.63) is 47.5 Å². The number of hydrogen-bond acceptors (Lipinski definition) is 5. The van der Waals surface area contributed by atoms with E-state index in [2.05, 4.69) is 0 Å². The summed E-state index contributed by atoms with van der Waals surface area (Å²) >= 11 is 0. The molecule has 0 aliphatic carbocycles. The fourth-order valence-electron chi connectivity index (χ4n) is 4.80. The van der Waals surface area contributed by atoms with E-state index in [1.165, 1.54) is 4.90 Å². The first-order valence-electron chi connectivity index (χ1n) is 10.8. The van der Waals surface area contributed by atoms with E-state index >= 15 is 0 Å². The molecule has 8 nitrogen and oxygen atoms in total. The van der Waals surface area contributed by atoms with Gasteiger partial charge in [-0.2, -0.15) is 0 Å². The molecule has 32 heavy (non-hydrogen) atoms. The number of benzene rings is 2. The number of carbonyl (C=O) groups excluding carboxylic acids is 4. The Labute approximate surface area is 187 Å². The fraction of sp³-hybridized carbons (Fsp3) is 0.391. The number of likely N-dealkylation sites (tertiary alicyclic amines) is 1. The smallest absolute Gasteiger partial charge is 0.261 e. The molecule has 9 heteroatoms. The molecule has 0 bridgehead atoms. The maximum atomic E-state index is 13.0. The van der Waals surface area contributed by atoms with Gasteiger partial charge in [-0.25, -0.2) is 0 Å². The fourth-order valence-corrected chi connectivity index (χ4v) is 6.21. The molecule has 0 aromatic heterocycles. The van der Waals surface area contributed by atoms with E-state index in [0.29, 0.717) is 29.6 Å². The summed E-state index contributed by atoms with van der Waals surface area (Å²) in [6.07, 6.45) is 1.75. The summed E-state index contributed by atoms with van der Waals surface area (Å²) in [5.41, 5.74) is 0.879. The molecule has 3 aliphatic rings. The molecule has 0 radical (unpaired) electrons. The van der Waals surface area contributed by atoms with Crippen molar-refractivity contribution >= 4 is 45.2 Å². The third-order valence-electron chi connectivity index (χ3n) is 6.43. The monoisotopic (exact) mass is 453 g/mol. The zero-order valence-electron chi connectivity index (χ0n) is 17.5. The van der Waals surface area contributed by atoms with Crippen LogP contribution in [0.2, 0.25) is 0 Å². The third kappa shape index (κ3) is 3.40. The highest BCUT2D eigenvalue weighted by Gasteiger charge is 2.41. The van der Waals surface area contributed by atoms with Crippen LogP contribution < -0.4 is 0 Å². The zero-order valence-corrected chi connectivity index (χ0v) is 18.3. The lowest BCUT2D eigenvalue weighted by molar-refractivity contribution is -0.142. The van der Waals surface area contributed by atoms with Gasteiger partial charge in [-0.05, 0) is 30.4 Å². The summed E-state index contributed by atoms with van der Waals surface area (Å²) < 4.78 is 12.2. The molecule has 2 aromatic carbocycles. The molecule has 4 amide bonds. The lowest BCUT2D eigenvalue weighted by Crippen LogP contribution is -2.49. The van der Waals surface area contributed by atoms with Gasteiger partial charge >= 0.3 is 0 Å². The van der Waals surface area contributed by atoms with Crippen LogP contribution in [0.4, 0.5) is 0 Å². The summed E-state index contributed by atoms with van der Waals surface area (Å²) in [6.45, 7) is 1.23. The minimum absolute atomic E-state index is 0.00706. The molecule has 2 fully saturated rings. The predicted octanol–water partition coefficient (Wildman–Crippen LogP) is 1.37. The molecule has 2 atom stereocenters. The van der Waals surface area contributed by atoms with Gasteiger partial charge in [0.15, 0.2) is 0 Å². The molecular formula is C23H23N3O5S. The summed E-state index contributed by atoms with van der Waals surface area (Å²) in [7, 11) is -1.29. The van der Waals surface area contributed by atoms with Crippen LogP contribution in [0, 0.1) is 0 Å². The van der Waals surface area contributed by atoms with E-state index in [-0.39, 0.29) is 36.4 Å². The zero-order chi connectivity index (χ0) is 22.4. The van der Waals surface area contributed by atoms with E-state index in [0.717, 1.165) is 23.1 Å². The van der Waals surface area contributed by atoms with E-state index in [9.17, 15) is 23.4 Å². The van der Waals surface area contributed by atoms with E-state index in [4.69, 9.17) is 0 Å². The van der Waals surface area contributed by atoms with Crippen LogP contribution in [-0.2, 0) is 20.4 Å². The highest BCUT2D eigenvalue weighted by molar-refractivity contribution is 7.85. The highest BCUT2D eigenvalue weighted by Crippen LogP contribution is 2.30. The number of hydrogen-bond donors (Lipinski definition) is 0. The topological polar surface area (TPSA) is 95.1 Å². The van der Waals surface area contributed by atoms with Crippen molar-refractivity contribution < 1.29 is 23.4 Å². The Hall–Kier alpha value is -3.07. The van der Waals surface area contributed by atoms with Crippen molar-refractivity contribution in [1.29, 1.82) is 0 Å². The lowest BCUT2D eigenvalue weighted by atomic mass is 9.94. The van der Waals surface area contributed by atoms with Crippen LogP contribution in [0.25, 0.3) is 10.8 Å². The van der Waals surface area contributed by atoms with Crippen LogP contribution in [-0.4, -0.2) is 79.8 Å². The maximum absolute atomic E-state index is 13.0. The molecule has 2 saturated heterocycles. The normalized spacial score (nSPS) is 22.8. The van der Waals surface area contributed by atoms with Crippen molar-refractivity contribution in [3.8, 4) is 0 Å².